The van der Waals surface area contributed by atoms with E-state index in [1.165, 1.54) is 21.9 Å². The first-order chi connectivity index (χ1) is 8.35. The van der Waals surface area contributed by atoms with Crippen LogP contribution < -0.4 is 10.1 Å². The molecule has 0 spiro atoms. The Kier molecular flexibility index (Phi) is 2.52. The Hall–Kier alpha value is -1.54. The van der Waals surface area contributed by atoms with Gasteiger partial charge < -0.3 is 10.1 Å². The zero-order valence-electron chi connectivity index (χ0n) is 10.3. The smallest absolute Gasteiger partial charge is 0.124 e. The number of aryl methyl sites for hydroxylation is 1. The first kappa shape index (κ1) is 10.6. The lowest BCUT2D eigenvalue weighted by Gasteiger charge is -2.27. The summed E-state index contributed by atoms with van der Waals surface area (Å²) in [7, 11) is 3.78. The lowest BCUT2D eigenvalue weighted by molar-refractivity contribution is 0.399. The molecule has 1 aliphatic carbocycles. The predicted octanol–water partition coefficient (Wildman–Crippen LogP) is 3.06. The molecule has 0 saturated carbocycles. The first-order valence-corrected chi connectivity index (χ1v) is 6.11. The molecular weight excluding hydrogens is 210 g/mol. The second kappa shape index (κ2) is 4.04. The molecule has 1 unspecified atom stereocenters. The van der Waals surface area contributed by atoms with Crippen LogP contribution in [0.1, 0.15) is 23.6 Å². The van der Waals surface area contributed by atoms with Crippen LogP contribution in [0.15, 0.2) is 30.3 Å². The van der Waals surface area contributed by atoms with E-state index in [0.29, 0.717) is 6.04 Å². The number of benzene rings is 2. The molecule has 2 aromatic carbocycles. The second-order valence-corrected chi connectivity index (χ2v) is 4.58. The van der Waals surface area contributed by atoms with Crippen molar-refractivity contribution in [3.05, 3.63) is 41.5 Å². The summed E-state index contributed by atoms with van der Waals surface area (Å²) in [4.78, 5) is 0. The van der Waals surface area contributed by atoms with Crippen molar-refractivity contribution in [3.8, 4) is 5.75 Å². The van der Waals surface area contributed by atoms with Gasteiger partial charge in [0.1, 0.15) is 5.75 Å². The van der Waals surface area contributed by atoms with Crippen molar-refractivity contribution in [1.29, 1.82) is 0 Å². The van der Waals surface area contributed by atoms with E-state index in [2.05, 4.69) is 35.6 Å². The van der Waals surface area contributed by atoms with Gasteiger partial charge in [0.25, 0.3) is 0 Å². The van der Waals surface area contributed by atoms with Crippen LogP contribution in [0.25, 0.3) is 10.8 Å². The highest BCUT2D eigenvalue weighted by molar-refractivity contribution is 5.92. The third kappa shape index (κ3) is 1.52. The highest BCUT2D eigenvalue weighted by atomic mass is 16.5. The Bertz CT molecular complexity index is 562. The van der Waals surface area contributed by atoms with Crippen LogP contribution in [0.4, 0.5) is 0 Å². The third-order valence-electron chi connectivity index (χ3n) is 3.75. The molecule has 0 amide bonds. The molecule has 2 aromatic rings. The zero-order chi connectivity index (χ0) is 11.8. The molecule has 0 saturated heterocycles. The number of hydrogen-bond acceptors (Lipinski definition) is 2. The maximum absolute atomic E-state index is 5.53. The van der Waals surface area contributed by atoms with Crippen LogP contribution in [0.5, 0.6) is 5.75 Å². The summed E-state index contributed by atoms with van der Waals surface area (Å²) >= 11 is 0. The highest BCUT2D eigenvalue weighted by Gasteiger charge is 2.23. The summed E-state index contributed by atoms with van der Waals surface area (Å²) in [6, 6.07) is 11.2. The van der Waals surface area contributed by atoms with Crippen molar-refractivity contribution in [2.75, 3.05) is 14.2 Å². The van der Waals surface area contributed by atoms with Crippen molar-refractivity contribution in [2.24, 2.45) is 0 Å². The summed E-state index contributed by atoms with van der Waals surface area (Å²) in [5.74, 6) is 1.00. The number of hydrogen-bond donors (Lipinski definition) is 1. The monoisotopic (exact) mass is 227 g/mol. The minimum atomic E-state index is 0.406. The fraction of sp³-hybridized carbons (Fsp3) is 0.333. The van der Waals surface area contributed by atoms with Crippen LogP contribution in [0.2, 0.25) is 0 Å². The molecular formula is C15H17NO. The molecule has 0 fully saturated rings. The van der Waals surface area contributed by atoms with Gasteiger partial charge in [0, 0.05) is 11.6 Å². The summed E-state index contributed by atoms with van der Waals surface area (Å²) in [5, 5.41) is 6.10. The van der Waals surface area contributed by atoms with E-state index in [1.54, 1.807) is 7.11 Å². The molecule has 88 valence electrons. The lowest BCUT2D eigenvalue weighted by Crippen LogP contribution is -2.21. The molecule has 0 bridgehead atoms. The molecule has 2 heteroatoms. The Labute approximate surface area is 102 Å². The number of nitrogens with one attached hydrogen (secondary N) is 1. The van der Waals surface area contributed by atoms with Crippen molar-refractivity contribution in [3.63, 3.8) is 0 Å². The van der Waals surface area contributed by atoms with Gasteiger partial charge in [0.15, 0.2) is 0 Å². The van der Waals surface area contributed by atoms with E-state index in [1.807, 2.05) is 7.05 Å². The van der Waals surface area contributed by atoms with E-state index < -0.39 is 0 Å². The quantitative estimate of drug-likeness (QED) is 0.851. The van der Waals surface area contributed by atoms with Crippen LogP contribution >= 0.6 is 0 Å². The van der Waals surface area contributed by atoms with Crippen molar-refractivity contribution >= 4 is 10.8 Å². The summed E-state index contributed by atoms with van der Waals surface area (Å²) in [6.07, 6.45) is 2.28. The third-order valence-corrected chi connectivity index (χ3v) is 3.75. The average molecular weight is 227 g/mol. The zero-order valence-corrected chi connectivity index (χ0v) is 10.3. The van der Waals surface area contributed by atoms with Gasteiger partial charge in [-0.25, -0.2) is 0 Å². The largest absolute Gasteiger partial charge is 0.496 e. The van der Waals surface area contributed by atoms with Crippen LogP contribution in [0.3, 0.4) is 0 Å². The number of ether oxygens (including phenoxy) is 1. The fourth-order valence-corrected chi connectivity index (χ4v) is 2.93. The molecule has 2 nitrogen and oxygen atoms in total. The SMILES string of the molecule is CNC1CCc2cccc3ccc(OC)c1c23. The molecule has 1 atom stereocenters. The standard InChI is InChI=1S/C15H17NO/c1-16-12-8-6-10-4-3-5-11-7-9-13(17-2)15(12)14(10)11/h3-5,7,9,12,16H,6,8H2,1-2H3. The van der Waals surface area contributed by atoms with Gasteiger partial charge in [-0.15, -0.1) is 0 Å². The molecule has 0 aromatic heterocycles. The molecule has 17 heavy (non-hydrogen) atoms. The van der Waals surface area contributed by atoms with E-state index in [-0.39, 0.29) is 0 Å². The number of methoxy groups -OCH3 is 1. The van der Waals surface area contributed by atoms with Gasteiger partial charge in [-0.1, -0.05) is 24.3 Å². The highest BCUT2D eigenvalue weighted by Crippen LogP contribution is 2.40. The Morgan fingerprint density at radius 2 is 2.12 bits per heavy atom. The van der Waals surface area contributed by atoms with E-state index in [0.717, 1.165) is 18.6 Å². The van der Waals surface area contributed by atoms with Crippen LogP contribution in [-0.2, 0) is 6.42 Å². The average Bonchev–Trinajstić information content (AvgIpc) is 2.40. The Morgan fingerprint density at radius 3 is 2.88 bits per heavy atom. The maximum Gasteiger partial charge on any atom is 0.124 e. The van der Waals surface area contributed by atoms with E-state index in [4.69, 9.17) is 4.74 Å². The van der Waals surface area contributed by atoms with Gasteiger partial charge in [-0.3, -0.25) is 0 Å². The first-order valence-electron chi connectivity index (χ1n) is 6.11. The van der Waals surface area contributed by atoms with Crippen molar-refractivity contribution in [2.45, 2.75) is 18.9 Å². The molecule has 3 rings (SSSR count). The molecule has 0 radical (unpaired) electrons. The minimum absolute atomic E-state index is 0.406. The van der Waals surface area contributed by atoms with Gasteiger partial charge in [-0.05, 0) is 42.3 Å². The van der Waals surface area contributed by atoms with E-state index >= 15 is 0 Å². The number of rotatable bonds is 2. The molecule has 0 heterocycles. The van der Waals surface area contributed by atoms with Crippen molar-refractivity contribution < 1.29 is 4.74 Å². The summed E-state index contributed by atoms with van der Waals surface area (Å²) in [5.41, 5.74) is 2.78. The summed E-state index contributed by atoms with van der Waals surface area (Å²) in [6.45, 7) is 0. The predicted molar refractivity (Wildman–Crippen MR) is 70.6 cm³/mol. The minimum Gasteiger partial charge on any atom is -0.496 e. The van der Waals surface area contributed by atoms with Gasteiger partial charge in [0.05, 0.1) is 7.11 Å². The van der Waals surface area contributed by atoms with Gasteiger partial charge in [-0.2, -0.15) is 0 Å². The van der Waals surface area contributed by atoms with Crippen LogP contribution in [-0.4, -0.2) is 14.2 Å². The Morgan fingerprint density at radius 1 is 1.24 bits per heavy atom. The molecule has 0 aliphatic heterocycles. The summed E-state index contributed by atoms with van der Waals surface area (Å²) < 4.78 is 5.53. The molecule has 1 N–H and O–H groups in total. The fourth-order valence-electron chi connectivity index (χ4n) is 2.93. The Balaban J connectivity index is 2.38. The second-order valence-electron chi connectivity index (χ2n) is 4.58. The van der Waals surface area contributed by atoms with Gasteiger partial charge >= 0.3 is 0 Å². The van der Waals surface area contributed by atoms with E-state index in [9.17, 15) is 0 Å². The molecule has 1 aliphatic rings. The topological polar surface area (TPSA) is 21.3 Å². The van der Waals surface area contributed by atoms with Gasteiger partial charge in [0.2, 0.25) is 0 Å². The normalized spacial score (nSPS) is 18.4. The van der Waals surface area contributed by atoms with Crippen LogP contribution in [0, 0.1) is 0 Å². The van der Waals surface area contributed by atoms with Crippen molar-refractivity contribution in [1.82, 2.24) is 5.32 Å². The lowest BCUT2D eigenvalue weighted by atomic mass is 9.85. The maximum atomic E-state index is 5.53.